The van der Waals surface area contributed by atoms with Crippen molar-refractivity contribution in [3.8, 4) is 0 Å². The van der Waals surface area contributed by atoms with Crippen molar-refractivity contribution >= 4 is 26.2 Å². The molecule has 3 saturated carbocycles. The van der Waals surface area contributed by atoms with Gasteiger partial charge in [0.2, 0.25) is 5.60 Å². The first kappa shape index (κ1) is 26.9. The molecule has 5 rings (SSSR count). The minimum Gasteiger partial charge on any atom is -0.454 e. The summed E-state index contributed by atoms with van der Waals surface area (Å²) in [7, 11) is -2.33. The van der Waals surface area contributed by atoms with Crippen LogP contribution in [0.2, 0.25) is 18.1 Å². The van der Waals surface area contributed by atoms with Gasteiger partial charge in [-0.15, -0.1) is 0 Å². The van der Waals surface area contributed by atoms with Gasteiger partial charge in [0.1, 0.15) is 0 Å². The molecule has 7 nitrogen and oxygen atoms in total. The number of Topliss-reactive ketones (excluding diaryl/α,β-unsaturated/α-hetero) is 1. The fourth-order valence-electron chi connectivity index (χ4n) is 8.42. The third-order valence-corrected chi connectivity index (χ3v) is 15.8. The van der Waals surface area contributed by atoms with Crippen LogP contribution in [0.3, 0.4) is 0 Å². The zero-order valence-electron chi connectivity index (χ0n) is 24.3. The van der Waals surface area contributed by atoms with Gasteiger partial charge in [0.05, 0.1) is 11.5 Å². The van der Waals surface area contributed by atoms with Gasteiger partial charge in [-0.3, -0.25) is 9.59 Å². The number of hydrogen-bond acceptors (Lipinski definition) is 7. The number of hydrogen-bond donors (Lipinski definition) is 0. The highest BCUT2D eigenvalue weighted by Crippen LogP contribution is 2.74. The second-order valence-electron chi connectivity index (χ2n) is 14.6. The smallest absolute Gasteiger partial charge is 0.454 e. The summed E-state index contributed by atoms with van der Waals surface area (Å²) in [6.07, 6.45) is -0.125. The summed E-state index contributed by atoms with van der Waals surface area (Å²) in [5, 5.41) is -0.0660. The molecule has 1 unspecified atom stereocenters. The maximum atomic E-state index is 15.2. The zero-order valence-corrected chi connectivity index (χ0v) is 25.3. The van der Waals surface area contributed by atoms with Crippen LogP contribution in [-0.2, 0) is 28.2 Å². The van der Waals surface area contributed by atoms with E-state index in [0.717, 1.165) is 12.0 Å². The molecule has 1 saturated heterocycles. The molecule has 206 valence electrons. The van der Waals surface area contributed by atoms with E-state index in [4.69, 9.17) is 18.6 Å². The molecule has 0 N–H and O–H groups in total. The topological polar surface area (TPSA) is 88.1 Å². The molecule has 0 aromatic rings. The molecule has 0 aromatic carbocycles. The monoisotopic (exact) mass is 532 g/mol. The minimum absolute atomic E-state index is 0.0156. The molecule has 0 aromatic heterocycles. The lowest BCUT2D eigenvalue weighted by atomic mass is 9.59. The van der Waals surface area contributed by atoms with Crippen molar-refractivity contribution in [3.63, 3.8) is 0 Å². The maximum absolute atomic E-state index is 15.2. The molecule has 1 aliphatic heterocycles. The van der Waals surface area contributed by atoms with Crippen LogP contribution in [0.25, 0.3) is 0 Å². The van der Waals surface area contributed by atoms with E-state index >= 15 is 4.79 Å². The Balaban J connectivity index is 1.77. The van der Waals surface area contributed by atoms with Crippen LogP contribution in [0, 0.1) is 40.4 Å². The quantitative estimate of drug-likeness (QED) is 0.263. The molecule has 1 heterocycles. The van der Waals surface area contributed by atoms with E-state index in [1.165, 1.54) is 6.92 Å². The Bertz CT molecular complexity index is 1090. The van der Waals surface area contributed by atoms with Crippen molar-refractivity contribution in [2.45, 2.75) is 111 Å². The minimum atomic E-state index is -2.33. The van der Waals surface area contributed by atoms with Crippen LogP contribution < -0.4 is 0 Å². The third-order valence-electron chi connectivity index (χ3n) is 11.3. The van der Waals surface area contributed by atoms with Crippen molar-refractivity contribution in [1.82, 2.24) is 0 Å². The van der Waals surface area contributed by atoms with Gasteiger partial charge in [-0.2, -0.15) is 0 Å². The van der Waals surface area contributed by atoms with Crippen molar-refractivity contribution in [1.29, 1.82) is 0 Å². The zero-order chi connectivity index (χ0) is 27.7. The summed E-state index contributed by atoms with van der Waals surface area (Å²) in [6, 6.07) is 0. The number of carbonyl (C=O) groups excluding carboxylic acids is 3. The van der Waals surface area contributed by atoms with E-state index in [2.05, 4.69) is 54.6 Å². The summed E-state index contributed by atoms with van der Waals surface area (Å²) < 4.78 is 25.2. The number of fused-ring (bicyclic) bond motifs is 3. The van der Waals surface area contributed by atoms with Gasteiger partial charge in [0.25, 0.3) is 0 Å². The van der Waals surface area contributed by atoms with Gasteiger partial charge in [0, 0.05) is 18.8 Å². The van der Waals surface area contributed by atoms with Crippen LogP contribution in [0.5, 0.6) is 0 Å². The Morgan fingerprint density at radius 1 is 1.16 bits per heavy atom. The first-order valence-electron chi connectivity index (χ1n) is 13.8. The largest absolute Gasteiger partial charge is 0.509 e. The van der Waals surface area contributed by atoms with Gasteiger partial charge in [0.15, 0.2) is 26.3 Å². The summed E-state index contributed by atoms with van der Waals surface area (Å²) in [5.41, 5.74) is -1.84. The molecule has 37 heavy (non-hydrogen) atoms. The standard InChI is InChI=1S/C29H44O7Si/c1-14-13-28-15(2)12-18-20(27(18,8)9)19(22(28)31)21(36-37(10,11)26(5,6)7)16(3)24-29(28,35-25(32)34-24)23(14)33-17(4)30/h13,15-16,18-21,23-24H,12H2,1-11H3/t15-,16+,18-,19-,20-,21-,23+,24-,28?,29-/m1/s1. The van der Waals surface area contributed by atoms with Crippen LogP contribution in [0.4, 0.5) is 4.79 Å². The lowest BCUT2D eigenvalue weighted by Crippen LogP contribution is -2.65. The summed E-state index contributed by atoms with van der Waals surface area (Å²) in [4.78, 5) is 40.5. The second kappa shape index (κ2) is 7.71. The Hall–Kier alpha value is -1.67. The molecule has 2 spiro atoms. The van der Waals surface area contributed by atoms with Crippen molar-refractivity contribution in [2.75, 3.05) is 0 Å². The fraction of sp³-hybridized carbons (Fsp3) is 0.828. The Morgan fingerprint density at radius 3 is 2.35 bits per heavy atom. The summed E-state index contributed by atoms with van der Waals surface area (Å²) in [6.45, 7) is 22.9. The predicted octanol–water partition coefficient (Wildman–Crippen LogP) is 5.68. The molecule has 2 bridgehead atoms. The fourth-order valence-corrected chi connectivity index (χ4v) is 9.82. The third kappa shape index (κ3) is 3.23. The molecule has 4 fully saturated rings. The van der Waals surface area contributed by atoms with E-state index in [-0.39, 0.29) is 39.9 Å². The maximum Gasteiger partial charge on any atom is 0.509 e. The van der Waals surface area contributed by atoms with E-state index in [9.17, 15) is 9.59 Å². The molecule has 5 aliphatic rings. The number of ketones is 1. The van der Waals surface area contributed by atoms with Crippen molar-refractivity contribution in [2.24, 2.45) is 40.4 Å². The second-order valence-corrected chi connectivity index (χ2v) is 19.4. The summed E-state index contributed by atoms with van der Waals surface area (Å²) >= 11 is 0. The first-order chi connectivity index (χ1) is 16.8. The molecular formula is C29H44O7Si. The molecule has 0 amide bonds. The van der Waals surface area contributed by atoms with Crippen molar-refractivity contribution < 1.29 is 33.0 Å². The molecule has 8 heteroatoms. The van der Waals surface area contributed by atoms with Crippen LogP contribution in [0.15, 0.2) is 11.6 Å². The average Bonchev–Trinajstić information content (AvgIpc) is 3.03. The lowest BCUT2D eigenvalue weighted by Gasteiger charge is -2.47. The number of rotatable bonds is 3. The lowest BCUT2D eigenvalue weighted by molar-refractivity contribution is -0.181. The van der Waals surface area contributed by atoms with Gasteiger partial charge < -0.3 is 18.6 Å². The van der Waals surface area contributed by atoms with Crippen LogP contribution in [0.1, 0.15) is 68.7 Å². The Labute approximate surface area is 222 Å². The van der Waals surface area contributed by atoms with Gasteiger partial charge in [-0.1, -0.05) is 54.5 Å². The van der Waals surface area contributed by atoms with Gasteiger partial charge in [-0.25, -0.2) is 4.79 Å². The molecule has 10 atom stereocenters. The average molecular weight is 533 g/mol. The first-order valence-corrected chi connectivity index (χ1v) is 16.7. The molecule has 0 radical (unpaired) electrons. The highest BCUT2D eigenvalue weighted by atomic mass is 28.4. The van der Waals surface area contributed by atoms with Crippen LogP contribution in [-0.4, -0.2) is 50.1 Å². The van der Waals surface area contributed by atoms with Crippen molar-refractivity contribution in [3.05, 3.63) is 11.6 Å². The normalized spacial score (nSPS) is 45.9. The van der Waals surface area contributed by atoms with E-state index in [0.29, 0.717) is 5.92 Å². The van der Waals surface area contributed by atoms with Crippen LogP contribution >= 0.6 is 0 Å². The van der Waals surface area contributed by atoms with Gasteiger partial charge >= 0.3 is 12.1 Å². The van der Waals surface area contributed by atoms with Gasteiger partial charge in [-0.05, 0) is 60.2 Å². The van der Waals surface area contributed by atoms with E-state index in [1.807, 2.05) is 19.9 Å². The Kier molecular flexibility index (Phi) is 5.61. The number of ether oxygens (including phenoxy) is 3. The Morgan fingerprint density at radius 2 is 1.78 bits per heavy atom. The SMILES string of the molecule is CC(=O)O[C@H]1C(C)=CC23C(=O)[C@@H]([C@H](O[Si](C)(C)C(C)(C)C)[C@H](C)[C@H]4OC(=O)O[C@@]412)[C@H]1[C@@H](C[C@H]3C)C1(C)C. The number of carbonyl (C=O) groups is 3. The molecule has 4 aliphatic carbocycles. The highest BCUT2D eigenvalue weighted by Gasteiger charge is 2.83. The predicted molar refractivity (Wildman–Crippen MR) is 140 cm³/mol. The van der Waals surface area contributed by atoms with E-state index in [1.54, 1.807) is 0 Å². The highest BCUT2D eigenvalue weighted by molar-refractivity contribution is 6.74. The molecular weight excluding hydrogens is 488 g/mol. The van der Waals surface area contributed by atoms with E-state index < -0.39 is 49.8 Å². The number of esters is 1. The summed E-state index contributed by atoms with van der Waals surface area (Å²) in [5.74, 6) is -0.719.